The zero-order valence-electron chi connectivity index (χ0n) is 16.2. The van der Waals surface area contributed by atoms with E-state index in [9.17, 15) is 14.0 Å². The van der Waals surface area contributed by atoms with Crippen molar-refractivity contribution in [1.29, 1.82) is 0 Å². The van der Waals surface area contributed by atoms with Crippen molar-refractivity contribution < 1.29 is 14.0 Å². The first kappa shape index (κ1) is 20.0. The fourth-order valence-corrected chi connectivity index (χ4v) is 4.46. The number of hydrogen-bond donors (Lipinski definition) is 0. The van der Waals surface area contributed by atoms with Crippen molar-refractivity contribution in [2.75, 3.05) is 18.0 Å². The van der Waals surface area contributed by atoms with E-state index in [1.54, 1.807) is 0 Å². The number of nitrogens with zero attached hydrogens (tertiary/aromatic N) is 2. The first-order chi connectivity index (χ1) is 14.0. The van der Waals surface area contributed by atoms with E-state index in [2.05, 4.69) is 17.0 Å². The number of likely N-dealkylation sites (tertiary alicyclic amines) is 1. The second kappa shape index (κ2) is 8.64. The molecular weight excluding hydrogens is 391 g/mol. The second-order valence-corrected chi connectivity index (χ2v) is 8.34. The Morgan fingerprint density at radius 1 is 0.966 bits per heavy atom. The standard InChI is InChI=1S/C23H24ClFN2O2/c24-18-5-3-16(4-6-18)1-2-17-11-13-26(14-12-17)21-15-22(28)27(23(21)29)20-9-7-19(25)8-10-20/h3-10,17,21H,1-2,11-15H2/t21-/m1/s1. The van der Waals surface area contributed by atoms with Crippen LogP contribution >= 0.6 is 11.6 Å². The van der Waals surface area contributed by atoms with Crippen molar-refractivity contribution in [3.63, 3.8) is 0 Å². The van der Waals surface area contributed by atoms with Gasteiger partial charge in [-0.05, 0) is 86.7 Å². The lowest BCUT2D eigenvalue weighted by atomic mass is 9.90. The zero-order chi connectivity index (χ0) is 20.4. The molecule has 152 valence electrons. The van der Waals surface area contributed by atoms with Crippen LogP contribution in [0.3, 0.4) is 0 Å². The SMILES string of the molecule is O=C1C[C@@H](N2CCC(CCc3ccc(Cl)cc3)CC2)C(=O)N1c1ccc(F)cc1. The van der Waals surface area contributed by atoms with Crippen LogP contribution in [-0.2, 0) is 16.0 Å². The number of aryl methyl sites for hydroxylation is 1. The van der Waals surface area contributed by atoms with Crippen molar-refractivity contribution >= 4 is 29.1 Å². The molecule has 2 aromatic rings. The fourth-order valence-electron chi connectivity index (χ4n) is 4.34. The van der Waals surface area contributed by atoms with Crippen LogP contribution < -0.4 is 4.90 Å². The number of rotatable bonds is 5. The maximum absolute atomic E-state index is 13.2. The normalized spacial score (nSPS) is 21.2. The second-order valence-electron chi connectivity index (χ2n) is 7.91. The molecule has 2 fully saturated rings. The smallest absolute Gasteiger partial charge is 0.251 e. The first-order valence-corrected chi connectivity index (χ1v) is 10.5. The summed E-state index contributed by atoms with van der Waals surface area (Å²) in [5, 5.41) is 0.757. The van der Waals surface area contributed by atoms with Gasteiger partial charge < -0.3 is 0 Å². The van der Waals surface area contributed by atoms with E-state index in [0.29, 0.717) is 11.6 Å². The Balaban J connectivity index is 1.31. The van der Waals surface area contributed by atoms with Gasteiger partial charge in [-0.1, -0.05) is 23.7 Å². The molecule has 2 saturated heterocycles. The van der Waals surface area contributed by atoms with E-state index >= 15 is 0 Å². The minimum absolute atomic E-state index is 0.193. The first-order valence-electron chi connectivity index (χ1n) is 10.1. The summed E-state index contributed by atoms with van der Waals surface area (Å²) in [6.45, 7) is 1.65. The van der Waals surface area contributed by atoms with Gasteiger partial charge in [-0.2, -0.15) is 0 Å². The molecule has 2 amide bonds. The van der Waals surface area contributed by atoms with Gasteiger partial charge in [0.1, 0.15) is 5.82 Å². The molecule has 0 unspecified atom stereocenters. The van der Waals surface area contributed by atoms with Crippen LogP contribution in [0.5, 0.6) is 0 Å². The third kappa shape index (κ3) is 4.51. The molecule has 2 aliphatic rings. The van der Waals surface area contributed by atoms with Gasteiger partial charge in [0, 0.05) is 5.02 Å². The summed E-state index contributed by atoms with van der Waals surface area (Å²) in [5.74, 6) is -0.162. The molecular formula is C23H24ClFN2O2. The number of anilines is 1. The largest absolute Gasteiger partial charge is 0.292 e. The van der Waals surface area contributed by atoms with Gasteiger partial charge in [-0.3, -0.25) is 14.5 Å². The highest BCUT2D eigenvalue weighted by atomic mass is 35.5. The molecule has 0 spiro atoms. The van der Waals surface area contributed by atoms with Crippen molar-refractivity contribution in [2.45, 2.75) is 38.1 Å². The lowest BCUT2D eigenvalue weighted by Gasteiger charge is -2.34. The Bertz CT molecular complexity index is 877. The summed E-state index contributed by atoms with van der Waals surface area (Å²) in [6, 6.07) is 13.1. The summed E-state index contributed by atoms with van der Waals surface area (Å²) >= 11 is 5.94. The van der Waals surface area contributed by atoms with Crippen molar-refractivity contribution in [1.82, 2.24) is 4.90 Å². The van der Waals surface area contributed by atoms with Crippen LogP contribution in [-0.4, -0.2) is 35.8 Å². The maximum Gasteiger partial charge on any atom is 0.251 e. The molecule has 2 aromatic carbocycles. The van der Waals surface area contributed by atoms with Crippen LogP contribution in [0.2, 0.25) is 5.02 Å². The third-order valence-corrected chi connectivity index (χ3v) is 6.30. The van der Waals surface area contributed by atoms with Crippen molar-refractivity contribution in [3.8, 4) is 0 Å². The van der Waals surface area contributed by atoms with Crippen LogP contribution in [0, 0.1) is 11.7 Å². The Kier molecular flexibility index (Phi) is 5.97. The minimum Gasteiger partial charge on any atom is -0.292 e. The molecule has 2 heterocycles. The molecule has 0 N–H and O–H groups in total. The number of halogens is 2. The van der Waals surface area contributed by atoms with E-state index in [4.69, 9.17) is 11.6 Å². The quantitative estimate of drug-likeness (QED) is 0.678. The average Bonchev–Trinajstić information content (AvgIpc) is 3.03. The highest BCUT2D eigenvalue weighted by molar-refractivity contribution is 6.30. The zero-order valence-corrected chi connectivity index (χ0v) is 16.9. The van der Waals surface area contributed by atoms with E-state index in [1.165, 1.54) is 34.7 Å². The summed E-state index contributed by atoms with van der Waals surface area (Å²) in [5.41, 5.74) is 1.74. The van der Waals surface area contributed by atoms with E-state index in [0.717, 1.165) is 43.8 Å². The molecule has 0 aliphatic carbocycles. The number of amides is 2. The number of benzene rings is 2. The predicted octanol–water partition coefficient (Wildman–Crippen LogP) is 4.46. The van der Waals surface area contributed by atoms with Crippen LogP contribution in [0.25, 0.3) is 0 Å². The predicted molar refractivity (Wildman–Crippen MR) is 111 cm³/mol. The van der Waals surface area contributed by atoms with Crippen LogP contribution in [0.4, 0.5) is 10.1 Å². The maximum atomic E-state index is 13.2. The molecule has 0 bridgehead atoms. The Labute approximate surface area is 175 Å². The molecule has 6 heteroatoms. The molecule has 4 rings (SSSR count). The molecule has 29 heavy (non-hydrogen) atoms. The third-order valence-electron chi connectivity index (χ3n) is 6.05. The van der Waals surface area contributed by atoms with Gasteiger partial charge in [-0.15, -0.1) is 0 Å². The van der Waals surface area contributed by atoms with Gasteiger partial charge in [0.15, 0.2) is 0 Å². The van der Waals surface area contributed by atoms with Gasteiger partial charge in [0.05, 0.1) is 18.2 Å². The molecule has 0 saturated carbocycles. The average molecular weight is 415 g/mol. The molecule has 0 aromatic heterocycles. The number of piperidine rings is 1. The highest BCUT2D eigenvalue weighted by Crippen LogP contribution is 2.30. The number of imide groups is 1. The summed E-state index contributed by atoms with van der Waals surface area (Å²) < 4.78 is 13.2. The lowest BCUT2D eigenvalue weighted by molar-refractivity contribution is -0.123. The Morgan fingerprint density at radius 2 is 1.62 bits per heavy atom. The van der Waals surface area contributed by atoms with Gasteiger partial charge in [0.25, 0.3) is 5.91 Å². The van der Waals surface area contributed by atoms with Crippen molar-refractivity contribution in [3.05, 3.63) is 64.9 Å². The number of hydrogen-bond acceptors (Lipinski definition) is 3. The minimum atomic E-state index is -0.398. The van der Waals surface area contributed by atoms with E-state index in [1.807, 2.05) is 12.1 Å². The van der Waals surface area contributed by atoms with Gasteiger partial charge >= 0.3 is 0 Å². The number of carbonyl (C=O) groups is 2. The molecule has 1 atom stereocenters. The molecule has 2 aliphatic heterocycles. The summed E-state index contributed by atoms with van der Waals surface area (Å²) in [7, 11) is 0. The van der Waals surface area contributed by atoms with E-state index < -0.39 is 6.04 Å². The fraction of sp³-hybridized carbons (Fsp3) is 0.391. The monoisotopic (exact) mass is 414 g/mol. The molecule has 0 radical (unpaired) electrons. The van der Waals surface area contributed by atoms with E-state index in [-0.39, 0.29) is 24.1 Å². The van der Waals surface area contributed by atoms with Crippen LogP contribution in [0.1, 0.15) is 31.2 Å². The summed E-state index contributed by atoms with van der Waals surface area (Å²) in [4.78, 5) is 28.7. The number of carbonyl (C=O) groups excluding carboxylic acids is 2. The van der Waals surface area contributed by atoms with Crippen LogP contribution in [0.15, 0.2) is 48.5 Å². The van der Waals surface area contributed by atoms with Crippen molar-refractivity contribution in [2.24, 2.45) is 5.92 Å². The molecule has 4 nitrogen and oxygen atoms in total. The Morgan fingerprint density at radius 3 is 2.28 bits per heavy atom. The summed E-state index contributed by atoms with van der Waals surface area (Å²) in [6.07, 6.45) is 4.41. The van der Waals surface area contributed by atoms with Gasteiger partial charge in [-0.25, -0.2) is 9.29 Å². The van der Waals surface area contributed by atoms with Gasteiger partial charge in [0.2, 0.25) is 5.91 Å². The topological polar surface area (TPSA) is 40.6 Å². The highest BCUT2D eigenvalue weighted by Gasteiger charge is 2.43. The Hall–Kier alpha value is -2.24. The lowest BCUT2D eigenvalue weighted by Crippen LogP contribution is -2.46.